The van der Waals surface area contributed by atoms with Crippen LogP contribution in [0.3, 0.4) is 0 Å². The molecule has 5 heteroatoms. The maximum Gasteiger partial charge on any atom is 0.191 e. The van der Waals surface area contributed by atoms with E-state index in [1.807, 2.05) is 0 Å². The van der Waals surface area contributed by atoms with Gasteiger partial charge in [0.1, 0.15) is 0 Å². The molecule has 0 aromatic carbocycles. The fourth-order valence-electron chi connectivity index (χ4n) is 1.45. The second-order valence-electron chi connectivity index (χ2n) is 5.52. The maximum atomic E-state index is 5.04. The van der Waals surface area contributed by atoms with Crippen molar-refractivity contribution in [1.82, 2.24) is 15.5 Å². The summed E-state index contributed by atoms with van der Waals surface area (Å²) in [5.41, 5.74) is 0.0388. The monoisotopic (exact) mass is 258 g/mol. The van der Waals surface area contributed by atoms with Crippen molar-refractivity contribution >= 4 is 5.96 Å². The quantitative estimate of drug-likeness (QED) is 0.405. The number of ether oxygens (including phenoxy) is 1. The average molecular weight is 258 g/mol. The van der Waals surface area contributed by atoms with Gasteiger partial charge >= 0.3 is 0 Å². The van der Waals surface area contributed by atoms with Crippen molar-refractivity contribution in [3.63, 3.8) is 0 Å². The van der Waals surface area contributed by atoms with Crippen molar-refractivity contribution in [3.05, 3.63) is 0 Å². The predicted octanol–water partition coefficient (Wildman–Crippen LogP) is 0.918. The highest BCUT2D eigenvalue weighted by Crippen LogP contribution is 1.97. The van der Waals surface area contributed by atoms with Gasteiger partial charge in [-0.15, -0.1) is 0 Å². The van der Waals surface area contributed by atoms with Crippen LogP contribution in [-0.4, -0.2) is 63.8 Å². The van der Waals surface area contributed by atoms with Crippen molar-refractivity contribution in [2.45, 2.75) is 32.7 Å². The second kappa shape index (κ2) is 9.16. The van der Waals surface area contributed by atoms with E-state index in [4.69, 9.17) is 4.74 Å². The number of nitrogens with zero attached hydrogens (tertiary/aromatic N) is 2. The maximum absolute atomic E-state index is 5.04. The molecular formula is C13H30N4O. The first-order valence-corrected chi connectivity index (χ1v) is 6.55. The lowest BCUT2D eigenvalue weighted by Crippen LogP contribution is -2.48. The molecule has 0 heterocycles. The van der Waals surface area contributed by atoms with Crippen LogP contribution in [-0.2, 0) is 4.74 Å². The molecule has 0 radical (unpaired) electrons. The van der Waals surface area contributed by atoms with Crippen LogP contribution in [0.15, 0.2) is 4.99 Å². The minimum atomic E-state index is 0.0388. The SMILES string of the molecule is CN=C(NCCCN(C)CCOC)NC(C)(C)C. The summed E-state index contributed by atoms with van der Waals surface area (Å²) in [6, 6.07) is 0. The summed E-state index contributed by atoms with van der Waals surface area (Å²) in [4.78, 5) is 6.47. The predicted molar refractivity (Wildman–Crippen MR) is 78.2 cm³/mol. The topological polar surface area (TPSA) is 48.9 Å². The van der Waals surface area contributed by atoms with Gasteiger partial charge < -0.3 is 20.3 Å². The molecule has 5 nitrogen and oxygen atoms in total. The minimum Gasteiger partial charge on any atom is -0.383 e. The van der Waals surface area contributed by atoms with Crippen LogP contribution in [0.1, 0.15) is 27.2 Å². The highest BCUT2D eigenvalue weighted by Gasteiger charge is 2.11. The number of likely N-dealkylation sites (N-methyl/N-ethyl adjacent to an activating group) is 1. The van der Waals surface area contributed by atoms with Crippen LogP contribution in [0.25, 0.3) is 0 Å². The summed E-state index contributed by atoms with van der Waals surface area (Å²) < 4.78 is 5.04. The Morgan fingerprint density at radius 3 is 2.44 bits per heavy atom. The van der Waals surface area contributed by atoms with E-state index in [2.05, 4.69) is 48.3 Å². The number of hydrogen-bond donors (Lipinski definition) is 2. The molecule has 0 aliphatic carbocycles. The van der Waals surface area contributed by atoms with Gasteiger partial charge in [-0.3, -0.25) is 4.99 Å². The molecule has 18 heavy (non-hydrogen) atoms. The summed E-state index contributed by atoms with van der Waals surface area (Å²) in [6.07, 6.45) is 1.09. The molecule has 0 aliphatic rings. The summed E-state index contributed by atoms with van der Waals surface area (Å²) >= 11 is 0. The number of aliphatic imine (C=N–C) groups is 1. The Kier molecular flexibility index (Phi) is 8.75. The van der Waals surface area contributed by atoms with E-state index < -0.39 is 0 Å². The zero-order chi connectivity index (χ0) is 14.0. The van der Waals surface area contributed by atoms with Crippen LogP contribution < -0.4 is 10.6 Å². The van der Waals surface area contributed by atoms with Gasteiger partial charge in [-0.05, 0) is 40.8 Å². The van der Waals surface area contributed by atoms with E-state index >= 15 is 0 Å². The van der Waals surface area contributed by atoms with Crippen LogP contribution in [0.5, 0.6) is 0 Å². The van der Waals surface area contributed by atoms with E-state index in [-0.39, 0.29) is 5.54 Å². The molecule has 0 saturated heterocycles. The van der Waals surface area contributed by atoms with Gasteiger partial charge in [-0.2, -0.15) is 0 Å². The van der Waals surface area contributed by atoms with Crippen LogP contribution in [0.4, 0.5) is 0 Å². The van der Waals surface area contributed by atoms with Gasteiger partial charge in [0.15, 0.2) is 5.96 Å². The first kappa shape index (κ1) is 17.2. The molecule has 0 atom stereocenters. The van der Waals surface area contributed by atoms with Crippen molar-refractivity contribution in [2.75, 3.05) is 47.4 Å². The van der Waals surface area contributed by atoms with Crippen molar-refractivity contribution in [3.8, 4) is 0 Å². The Labute approximate surface area is 112 Å². The number of rotatable bonds is 7. The summed E-state index contributed by atoms with van der Waals surface area (Å²) in [5.74, 6) is 0.863. The highest BCUT2D eigenvalue weighted by atomic mass is 16.5. The zero-order valence-corrected chi connectivity index (χ0v) is 12.8. The molecule has 0 aliphatic heterocycles. The molecule has 0 bridgehead atoms. The molecule has 108 valence electrons. The number of guanidine groups is 1. The van der Waals surface area contributed by atoms with Gasteiger partial charge in [-0.1, -0.05) is 0 Å². The molecule has 0 amide bonds. The Morgan fingerprint density at radius 2 is 1.94 bits per heavy atom. The Bertz CT molecular complexity index is 236. The van der Waals surface area contributed by atoms with Gasteiger partial charge in [0.2, 0.25) is 0 Å². The molecule has 0 saturated carbocycles. The Morgan fingerprint density at radius 1 is 1.28 bits per heavy atom. The fraction of sp³-hybridized carbons (Fsp3) is 0.923. The molecule has 0 aromatic heterocycles. The van der Waals surface area contributed by atoms with Gasteiger partial charge in [0, 0.05) is 32.8 Å². The summed E-state index contributed by atoms with van der Waals surface area (Å²) in [5, 5.41) is 6.65. The normalized spacial score (nSPS) is 12.9. The third-order valence-electron chi connectivity index (χ3n) is 2.40. The number of methoxy groups -OCH3 is 1. The van der Waals surface area contributed by atoms with Crippen LogP contribution in [0, 0.1) is 0 Å². The van der Waals surface area contributed by atoms with Crippen molar-refractivity contribution in [2.24, 2.45) is 4.99 Å². The second-order valence-corrected chi connectivity index (χ2v) is 5.52. The third-order valence-corrected chi connectivity index (χ3v) is 2.40. The molecular weight excluding hydrogens is 228 g/mol. The Hall–Kier alpha value is -0.810. The average Bonchev–Trinajstić information content (AvgIpc) is 2.28. The van der Waals surface area contributed by atoms with Gasteiger partial charge in [0.05, 0.1) is 6.61 Å². The minimum absolute atomic E-state index is 0.0388. The molecule has 0 unspecified atom stereocenters. The molecule has 0 fully saturated rings. The van der Waals surface area contributed by atoms with Gasteiger partial charge in [0.25, 0.3) is 0 Å². The van der Waals surface area contributed by atoms with E-state index in [0.29, 0.717) is 0 Å². The van der Waals surface area contributed by atoms with Crippen molar-refractivity contribution in [1.29, 1.82) is 0 Å². The molecule has 2 N–H and O–H groups in total. The first-order valence-electron chi connectivity index (χ1n) is 6.55. The standard InChI is InChI=1S/C13H30N4O/c1-13(2,3)16-12(14-4)15-8-7-9-17(5)10-11-18-6/h7-11H2,1-6H3,(H2,14,15,16). The first-order chi connectivity index (χ1) is 8.39. The van der Waals surface area contributed by atoms with Gasteiger partial charge in [-0.25, -0.2) is 0 Å². The third kappa shape index (κ3) is 10.4. The fourth-order valence-corrected chi connectivity index (χ4v) is 1.45. The van der Waals surface area contributed by atoms with Crippen LogP contribution in [0.2, 0.25) is 0 Å². The van der Waals surface area contributed by atoms with E-state index in [1.165, 1.54) is 0 Å². The summed E-state index contributed by atoms with van der Waals surface area (Å²) in [6.45, 7) is 10.1. The van der Waals surface area contributed by atoms with Crippen molar-refractivity contribution < 1.29 is 4.74 Å². The van der Waals surface area contributed by atoms with Crippen LogP contribution >= 0.6 is 0 Å². The largest absolute Gasteiger partial charge is 0.383 e. The summed E-state index contributed by atoms with van der Waals surface area (Å²) in [7, 11) is 5.64. The Balaban J connectivity index is 3.69. The highest BCUT2D eigenvalue weighted by molar-refractivity contribution is 5.80. The zero-order valence-electron chi connectivity index (χ0n) is 12.8. The smallest absolute Gasteiger partial charge is 0.191 e. The van der Waals surface area contributed by atoms with E-state index in [0.717, 1.165) is 38.6 Å². The lowest BCUT2D eigenvalue weighted by Gasteiger charge is -2.24. The lowest BCUT2D eigenvalue weighted by molar-refractivity contribution is 0.161. The molecule has 0 aromatic rings. The van der Waals surface area contributed by atoms with E-state index in [9.17, 15) is 0 Å². The molecule has 0 rings (SSSR count). The lowest BCUT2D eigenvalue weighted by atomic mass is 10.1. The van der Waals surface area contributed by atoms with E-state index in [1.54, 1.807) is 14.2 Å². The number of nitrogens with one attached hydrogen (secondary N) is 2. The number of hydrogen-bond acceptors (Lipinski definition) is 3. The molecule has 0 spiro atoms.